The number of rotatable bonds is 3. The summed E-state index contributed by atoms with van der Waals surface area (Å²) in [6, 6.07) is 4.18. The Hall–Kier alpha value is -1.41. The van der Waals surface area contributed by atoms with E-state index in [1.165, 1.54) is 5.69 Å². The van der Waals surface area contributed by atoms with Gasteiger partial charge in [-0.1, -0.05) is 0 Å². The predicted molar refractivity (Wildman–Crippen MR) is 97.8 cm³/mol. The number of nitrogens with one attached hydrogen (secondary N) is 2. The van der Waals surface area contributed by atoms with Gasteiger partial charge in [0.2, 0.25) is 0 Å². The number of aryl methyl sites for hydroxylation is 1. The van der Waals surface area contributed by atoms with Crippen molar-refractivity contribution in [3.05, 3.63) is 35.2 Å². The molecule has 0 atom stereocenters. The summed E-state index contributed by atoms with van der Waals surface area (Å²) in [4.78, 5) is 8.58. The fourth-order valence-corrected chi connectivity index (χ4v) is 3.41. The van der Waals surface area contributed by atoms with E-state index >= 15 is 0 Å². The van der Waals surface area contributed by atoms with Crippen molar-refractivity contribution in [1.29, 1.82) is 0 Å². The lowest BCUT2D eigenvalue weighted by Gasteiger charge is -2.04. The average molecular weight is 373 g/mol. The molecule has 1 aliphatic rings. The molecule has 4 rings (SSSR count). The van der Waals surface area contributed by atoms with Gasteiger partial charge in [-0.15, -0.1) is 36.2 Å². The second-order valence-corrected chi connectivity index (χ2v) is 6.01. The zero-order valence-electron chi connectivity index (χ0n) is 12.4. The molecule has 124 valence electrons. The van der Waals surface area contributed by atoms with E-state index in [4.69, 9.17) is 0 Å². The molecule has 0 fully saturated rings. The lowest BCUT2D eigenvalue weighted by molar-refractivity contribution is 0.581. The van der Waals surface area contributed by atoms with E-state index < -0.39 is 0 Å². The third kappa shape index (κ3) is 3.74. The molecule has 23 heavy (non-hydrogen) atoms. The summed E-state index contributed by atoms with van der Waals surface area (Å²) in [5.74, 6) is 0.885. The first-order valence-corrected chi connectivity index (χ1v) is 7.96. The van der Waals surface area contributed by atoms with E-state index in [0.717, 1.165) is 47.8 Å². The fraction of sp³-hybridized carbons (Fsp3) is 0.357. The Kier molecular flexibility index (Phi) is 6.17. The van der Waals surface area contributed by atoms with Crippen molar-refractivity contribution < 1.29 is 0 Å². The number of halogens is 2. The summed E-state index contributed by atoms with van der Waals surface area (Å²) in [6.45, 7) is 3.64. The summed E-state index contributed by atoms with van der Waals surface area (Å²) < 4.78 is 3.21. The molecule has 0 bridgehead atoms. The molecule has 1 aliphatic heterocycles. The Balaban J connectivity index is 0.000000960. The second-order valence-electron chi connectivity index (χ2n) is 5.09. The van der Waals surface area contributed by atoms with Crippen molar-refractivity contribution in [2.45, 2.75) is 26.1 Å². The first-order valence-electron chi connectivity index (χ1n) is 7.08. The molecule has 0 saturated heterocycles. The number of hydrogen-bond donors (Lipinski definition) is 2. The number of aromatic nitrogens is 4. The van der Waals surface area contributed by atoms with Crippen molar-refractivity contribution in [2.75, 3.05) is 11.9 Å². The Morgan fingerprint density at radius 3 is 3.13 bits per heavy atom. The summed E-state index contributed by atoms with van der Waals surface area (Å²) in [5.41, 5.74) is 3.30. The van der Waals surface area contributed by atoms with Crippen LogP contribution in [0.3, 0.4) is 0 Å². The van der Waals surface area contributed by atoms with E-state index in [-0.39, 0.29) is 24.8 Å². The Morgan fingerprint density at radius 1 is 1.30 bits per heavy atom. The zero-order valence-corrected chi connectivity index (χ0v) is 14.8. The highest BCUT2D eigenvalue weighted by Gasteiger charge is 2.11. The molecule has 6 nitrogen and oxygen atoms in total. The van der Waals surface area contributed by atoms with Crippen molar-refractivity contribution in [3.8, 4) is 0 Å². The minimum atomic E-state index is 0. The van der Waals surface area contributed by atoms with Gasteiger partial charge in [-0.3, -0.25) is 4.68 Å². The molecule has 3 aromatic rings. The number of thiophene rings is 1. The Morgan fingerprint density at radius 2 is 2.22 bits per heavy atom. The Labute approximate surface area is 150 Å². The number of anilines is 1. The predicted octanol–water partition coefficient (Wildman–Crippen LogP) is 2.84. The van der Waals surface area contributed by atoms with Gasteiger partial charge in [0, 0.05) is 13.1 Å². The van der Waals surface area contributed by atoms with Gasteiger partial charge in [0.1, 0.15) is 12.1 Å². The maximum atomic E-state index is 4.67. The van der Waals surface area contributed by atoms with Crippen LogP contribution >= 0.6 is 36.2 Å². The SMILES string of the molecule is Cl.Cl.c1nc(NCc2cc3n(n2)CCCNC3)c2sccc2n1. The normalized spacial score (nSPS) is 13.6. The number of nitrogens with zero attached hydrogens (tertiary/aromatic N) is 4. The molecule has 0 aromatic carbocycles. The molecule has 0 amide bonds. The molecule has 0 spiro atoms. The smallest absolute Gasteiger partial charge is 0.147 e. The van der Waals surface area contributed by atoms with Gasteiger partial charge in [0.15, 0.2) is 0 Å². The highest BCUT2D eigenvalue weighted by atomic mass is 35.5. The summed E-state index contributed by atoms with van der Waals surface area (Å²) >= 11 is 1.66. The van der Waals surface area contributed by atoms with Crippen molar-refractivity contribution in [2.24, 2.45) is 0 Å². The standard InChI is InChI=1S/C14H16N6S.2ClH/c1-3-15-8-11-6-10(19-20(11)4-1)7-16-14-13-12(2-5-21-13)17-9-18-14;;/h2,5-6,9,15H,1,3-4,7-8H2,(H,16,17,18);2*1H. The summed E-state index contributed by atoms with van der Waals surface area (Å²) in [5, 5.41) is 13.5. The molecule has 4 heterocycles. The minimum Gasteiger partial charge on any atom is -0.363 e. The highest BCUT2D eigenvalue weighted by molar-refractivity contribution is 7.17. The van der Waals surface area contributed by atoms with Gasteiger partial charge in [-0.05, 0) is 30.5 Å². The van der Waals surface area contributed by atoms with Gasteiger partial charge >= 0.3 is 0 Å². The highest BCUT2D eigenvalue weighted by Crippen LogP contribution is 2.25. The quantitative estimate of drug-likeness (QED) is 0.739. The topological polar surface area (TPSA) is 67.7 Å². The third-order valence-corrected chi connectivity index (χ3v) is 4.53. The Bertz CT molecular complexity index is 748. The molecule has 0 aliphatic carbocycles. The van der Waals surface area contributed by atoms with Crippen molar-refractivity contribution >= 4 is 52.2 Å². The zero-order chi connectivity index (χ0) is 14.1. The van der Waals surface area contributed by atoms with Gasteiger partial charge in [0.25, 0.3) is 0 Å². The second kappa shape index (κ2) is 7.92. The molecule has 2 N–H and O–H groups in total. The van der Waals surface area contributed by atoms with Crippen LogP contribution in [0.5, 0.6) is 0 Å². The van der Waals surface area contributed by atoms with Crippen LogP contribution in [0.25, 0.3) is 10.2 Å². The van der Waals surface area contributed by atoms with Gasteiger partial charge in [-0.25, -0.2) is 9.97 Å². The van der Waals surface area contributed by atoms with Crippen molar-refractivity contribution in [3.63, 3.8) is 0 Å². The van der Waals surface area contributed by atoms with E-state index in [0.29, 0.717) is 6.54 Å². The van der Waals surface area contributed by atoms with Crippen LogP contribution in [0.1, 0.15) is 17.8 Å². The van der Waals surface area contributed by atoms with E-state index in [1.807, 2.05) is 11.4 Å². The summed E-state index contributed by atoms with van der Waals surface area (Å²) in [6.07, 6.45) is 2.73. The maximum absolute atomic E-state index is 4.67. The van der Waals surface area contributed by atoms with Crippen molar-refractivity contribution in [1.82, 2.24) is 25.1 Å². The van der Waals surface area contributed by atoms with E-state index in [1.54, 1.807) is 17.7 Å². The lowest BCUT2D eigenvalue weighted by atomic mass is 10.3. The van der Waals surface area contributed by atoms with Crippen LogP contribution < -0.4 is 10.6 Å². The summed E-state index contributed by atoms with van der Waals surface area (Å²) in [7, 11) is 0. The molecule has 0 radical (unpaired) electrons. The fourth-order valence-electron chi connectivity index (χ4n) is 2.60. The van der Waals surface area contributed by atoms with Crippen LogP contribution in [0.4, 0.5) is 5.82 Å². The van der Waals surface area contributed by atoms with Gasteiger partial charge in [0.05, 0.1) is 28.1 Å². The minimum absolute atomic E-state index is 0. The molecule has 9 heteroatoms. The van der Waals surface area contributed by atoms with E-state index in [2.05, 4.69) is 36.4 Å². The van der Waals surface area contributed by atoms with Gasteiger partial charge < -0.3 is 10.6 Å². The van der Waals surface area contributed by atoms with Crippen LogP contribution in [0, 0.1) is 0 Å². The maximum Gasteiger partial charge on any atom is 0.147 e. The van der Waals surface area contributed by atoms with Gasteiger partial charge in [-0.2, -0.15) is 5.10 Å². The third-order valence-electron chi connectivity index (χ3n) is 3.62. The first-order chi connectivity index (χ1) is 10.4. The molecular weight excluding hydrogens is 355 g/mol. The largest absolute Gasteiger partial charge is 0.363 e. The van der Waals surface area contributed by atoms with Crippen LogP contribution in [0.15, 0.2) is 23.8 Å². The first kappa shape index (κ1) is 17.9. The number of fused-ring (bicyclic) bond motifs is 2. The lowest BCUT2D eigenvalue weighted by Crippen LogP contribution is -2.11. The van der Waals surface area contributed by atoms with Crippen LogP contribution in [-0.2, 0) is 19.6 Å². The molecule has 3 aromatic heterocycles. The average Bonchev–Trinajstić information content (AvgIpc) is 3.07. The molecule has 0 unspecified atom stereocenters. The number of hydrogen-bond acceptors (Lipinski definition) is 6. The molecule has 0 saturated carbocycles. The van der Waals surface area contributed by atoms with Crippen LogP contribution in [0.2, 0.25) is 0 Å². The monoisotopic (exact) mass is 372 g/mol. The van der Waals surface area contributed by atoms with E-state index in [9.17, 15) is 0 Å². The molecular formula is C14H18Cl2N6S. The van der Waals surface area contributed by atoms with Crippen LogP contribution in [-0.4, -0.2) is 26.3 Å².